The Labute approximate surface area is 209 Å². The van der Waals surface area contributed by atoms with Crippen molar-refractivity contribution in [3.8, 4) is 11.3 Å². The molecule has 4 heterocycles. The van der Waals surface area contributed by atoms with E-state index >= 15 is 0 Å². The number of primary amides is 1. The SMILES string of the molecule is Cc1c(-c2c(C(C)C)c3cc(C4CCN(CC(N)=O)CC4)ccc3n2C(=O)O)cn2ncnc2c1C. The number of hydrogen-bond acceptors (Lipinski definition) is 5. The Morgan fingerprint density at radius 3 is 2.53 bits per heavy atom. The summed E-state index contributed by atoms with van der Waals surface area (Å²) in [5, 5.41) is 15.7. The maximum Gasteiger partial charge on any atom is 0.416 e. The highest BCUT2D eigenvalue weighted by molar-refractivity contribution is 6.00. The van der Waals surface area contributed by atoms with Crippen molar-refractivity contribution in [3.63, 3.8) is 0 Å². The second-order valence-electron chi connectivity index (χ2n) is 10.1. The maximum absolute atomic E-state index is 12.7. The average molecular weight is 489 g/mol. The lowest BCUT2D eigenvalue weighted by atomic mass is 9.87. The summed E-state index contributed by atoms with van der Waals surface area (Å²) < 4.78 is 3.14. The molecule has 188 valence electrons. The van der Waals surface area contributed by atoms with Crippen LogP contribution in [0, 0.1) is 13.8 Å². The van der Waals surface area contributed by atoms with Gasteiger partial charge in [-0.05, 0) is 86.0 Å². The van der Waals surface area contributed by atoms with Gasteiger partial charge in [0.2, 0.25) is 5.91 Å². The first kappa shape index (κ1) is 24.0. The van der Waals surface area contributed by atoms with E-state index in [4.69, 9.17) is 5.73 Å². The molecule has 0 unspecified atom stereocenters. The molecule has 0 aliphatic carbocycles. The van der Waals surface area contributed by atoms with Crippen LogP contribution < -0.4 is 5.73 Å². The zero-order valence-electron chi connectivity index (χ0n) is 21.2. The first-order valence-corrected chi connectivity index (χ1v) is 12.4. The van der Waals surface area contributed by atoms with Crippen LogP contribution in [0.5, 0.6) is 0 Å². The molecule has 4 aromatic rings. The van der Waals surface area contributed by atoms with Crippen LogP contribution in [0.3, 0.4) is 0 Å². The monoisotopic (exact) mass is 488 g/mol. The molecule has 36 heavy (non-hydrogen) atoms. The second kappa shape index (κ2) is 9.05. The number of carboxylic acid groups (broad SMARTS) is 1. The van der Waals surface area contributed by atoms with E-state index < -0.39 is 6.09 Å². The number of aryl methyl sites for hydroxylation is 1. The van der Waals surface area contributed by atoms with Gasteiger partial charge in [-0.25, -0.2) is 18.9 Å². The number of piperidine rings is 1. The van der Waals surface area contributed by atoms with Gasteiger partial charge in [0.15, 0.2) is 5.65 Å². The molecule has 9 heteroatoms. The third-order valence-corrected chi connectivity index (χ3v) is 7.62. The van der Waals surface area contributed by atoms with Crippen molar-refractivity contribution in [2.75, 3.05) is 19.6 Å². The van der Waals surface area contributed by atoms with Crippen molar-refractivity contribution < 1.29 is 14.7 Å². The Balaban J connectivity index is 1.67. The average Bonchev–Trinajstić information content (AvgIpc) is 3.43. The van der Waals surface area contributed by atoms with Crippen molar-refractivity contribution in [1.29, 1.82) is 0 Å². The van der Waals surface area contributed by atoms with Crippen LogP contribution in [-0.2, 0) is 4.79 Å². The highest BCUT2D eigenvalue weighted by Gasteiger charge is 2.28. The van der Waals surface area contributed by atoms with E-state index in [1.807, 2.05) is 26.1 Å². The van der Waals surface area contributed by atoms with Crippen molar-refractivity contribution in [1.82, 2.24) is 24.1 Å². The summed E-state index contributed by atoms with van der Waals surface area (Å²) in [5.41, 5.74) is 12.5. The van der Waals surface area contributed by atoms with Crippen molar-refractivity contribution in [2.24, 2.45) is 5.73 Å². The molecule has 0 radical (unpaired) electrons. The van der Waals surface area contributed by atoms with E-state index in [-0.39, 0.29) is 11.8 Å². The fourth-order valence-electron chi connectivity index (χ4n) is 5.72. The summed E-state index contributed by atoms with van der Waals surface area (Å²) in [7, 11) is 0. The van der Waals surface area contributed by atoms with Crippen LogP contribution >= 0.6 is 0 Å². The highest BCUT2D eigenvalue weighted by Crippen LogP contribution is 2.42. The molecule has 1 amide bonds. The van der Waals surface area contributed by atoms with Gasteiger partial charge in [0, 0.05) is 17.1 Å². The molecule has 1 aliphatic heterocycles. The Kier molecular flexibility index (Phi) is 6.04. The lowest BCUT2D eigenvalue weighted by Crippen LogP contribution is -2.39. The Hall–Kier alpha value is -3.72. The molecule has 0 bridgehead atoms. The number of benzene rings is 1. The lowest BCUT2D eigenvalue weighted by Gasteiger charge is -2.31. The number of pyridine rings is 1. The van der Waals surface area contributed by atoms with Crippen LogP contribution in [-0.4, -0.2) is 60.8 Å². The number of nitrogens with zero attached hydrogens (tertiary/aromatic N) is 5. The third-order valence-electron chi connectivity index (χ3n) is 7.62. The first-order chi connectivity index (χ1) is 17.2. The van der Waals surface area contributed by atoms with Gasteiger partial charge in [0.05, 0.1) is 17.8 Å². The van der Waals surface area contributed by atoms with Gasteiger partial charge in [0.25, 0.3) is 0 Å². The van der Waals surface area contributed by atoms with Gasteiger partial charge in [-0.15, -0.1) is 0 Å². The predicted octanol–water partition coefficient (Wildman–Crippen LogP) is 4.28. The summed E-state index contributed by atoms with van der Waals surface area (Å²) in [6, 6.07) is 6.18. The molecular weight excluding hydrogens is 456 g/mol. The molecule has 9 nitrogen and oxygen atoms in total. The highest BCUT2D eigenvalue weighted by atomic mass is 16.4. The number of carbonyl (C=O) groups is 2. The zero-order valence-corrected chi connectivity index (χ0v) is 21.2. The number of fused-ring (bicyclic) bond motifs is 2. The smallest absolute Gasteiger partial charge is 0.416 e. The van der Waals surface area contributed by atoms with E-state index in [0.717, 1.165) is 59.2 Å². The molecule has 1 aliphatic rings. The van der Waals surface area contributed by atoms with Crippen molar-refractivity contribution >= 4 is 28.6 Å². The lowest BCUT2D eigenvalue weighted by molar-refractivity contribution is -0.119. The van der Waals surface area contributed by atoms with Crippen molar-refractivity contribution in [3.05, 3.63) is 53.0 Å². The van der Waals surface area contributed by atoms with Gasteiger partial charge in [-0.2, -0.15) is 5.10 Å². The fraction of sp³-hybridized carbons (Fsp3) is 0.407. The van der Waals surface area contributed by atoms with Gasteiger partial charge in [0.1, 0.15) is 6.33 Å². The first-order valence-electron chi connectivity index (χ1n) is 12.4. The summed E-state index contributed by atoms with van der Waals surface area (Å²) in [4.78, 5) is 30.4. The van der Waals surface area contributed by atoms with E-state index in [2.05, 4.69) is 41.0 Å². The van der Waals surface area contributed by atoms with Crippen LogP contribution in [0.1, 0.15) is 60.8 Å². The minimum absolute atomic E-state index is 0.0990. The van der Waals surface area contributed by atoms with Crippen LogP contribution in [0.25, 0.3) is 27.8 Å². The van der Waals surface area contributed by atoms with Gasteiger partial charge >= 0.3 is 6.09 Å². The quantitative estimate of drug-likeness (QED) is 0.433. The van der Waals surface area contributed by atoms with Crippen LogP contribution in [0.4, 0.5) is 4.79 Å². The summed E-state index contributed by atoms with van der Waals surface area (Å²) in [5.74, 6) is 0.154. The molecule has 1 saturated heterocycles. The normalized spacial score (nSPS) is 15.4. The topological polar surface area (TPSA) is 119 Å². The standard InChI is InChI=1S/C27H32N6O3/c1-15(2)24-20-11-19(18-7-9-31(10-8-18)13-23(28)34)5-6-22(20)33(27(35)36)25(24)21-12-32-26(29-14-30-32)17(4)16(21)3/h5-6,11-12,14-15,18H,7-10,13H2,1-4H3,(H2,28,34)(H,35,36). The van der Waals surface area contributed by atoms with E-state index in [1.165, 1.54) is 16.5 Å². The third kappa shape index (κ3) is 3.93. The molecular formula is C27H32N6O3. The van der Waals surface area contributed by atoms with Crippen molar-refractivity contribution in [2.45, 2.75) is 52.4 Å². The molecule has 0 atom stereocenters. The molecule has 5 rings (SSSR count). The molecule has 0 spiro atoms. The minimum atomic E-state index is -1.01. The zero-order chi connectivity index (χ0) is 25.7. The number of rotatable bonds is 5. The van der Waals surface area contributed by atoms with E-state index in [1.54, 1.807) is 4.52 Å². The molecule has 1 aromatic carbocycles. The largest absolute Gasteiger partial charge is 0.464 e. The van der Waals surface area contributed by atoms with Gasteiger partial charge in [-0.1, -0.05) is 19.9 Å². The number of likely N-dealkylation sites (tertiary alicyclic amines) is 1. The molecule has 1 fully saturated rings. The number of carbonyl (C=O) groups excluding carboxylic acids is 1. The molecule has 3 N–H and O–H groups in total. The van der Waals surface area contributed by atoms with E-state index in [0.29, 0.717) is 23.7 Å². The summed E-state index contributed by atoms with van der Waals surface area (Å²) in [6.45, 7) is 10.2. The Morgan fingerprint density at radius 2 is 1.89 bits per heavy atom. The Morgan fingerprint density at radius 1 is 1.17 bits per heavy atom. The van der Waals surface area contributed by atoms with Crippen LogP contribution in [0.15, 0.2) is 30.7 Å². The maximum atomic E-state index is 12.7. The molecule has 3 aromatic heterocycles. The van der Waals surface area contributed by atoms with Gasteiger partial charge in [-0.3, -0.25) is 9.69 Å². The van der Waals surface area contributed by atoms with Gasteiger partial charge < -0.3 is 10.8 Å². The number of hydrogen-bond donors (Lipinski definition) is 2. The van der Waals surface area contributed by atoms with E-state index in [9.17, 15) is 14.7 Å². The predicted molar refractivity (Wildman–Crippen MR) is 139 cm³/mol. The van der Waals surface area contributed by atoms with Crippen LogP contribution in [0.2, 0.25) is 0 Å². The number of amides is 1. The molecule has 0 saturated carbocycles. The number of aromatic nitrogens is 4. The summed E-state index contributed by atoms with van der Waals surface area (Å²) >= 11 is 0. The number of nitrogens with two attached hydrogens (primary N) is 1. The second-order valence-corrected chi connectivity index (χ2v) is 10.1. The Bertz CT molecular complexity index is 1490. The minimum Gasteiger partial charge on any atom is -0.464 e. The summed E-state index contributed by atoms with van der Waals surface area (Å²) in [6.07, 6.45) is 4.26. The fourth-order valence-corrected chi connectivity index (χ4v) is 5.72.